The van der Waals surface area contributed by atoms with E-state index in [0.29, 0.717) is 18.0 Å². The fraction of sp³-hybridized carbons (Fsp3) is 0.711. The number of aliphatic hydroxyl groups is 1. The second-order valence-electron chi connectivity index (χ2n) is 16.7. The van der Waals surface area contributed by atoms with Crippen molar-refractivity contribution in [3.63, 3.8) is 0 Å². The first kappa shape index (κ1) is 32.3. The normalized spacial score (nSPS) is 39.2. The molecule has 7 nitrogen and oxygen atoms in total. The van der Waals surface area contributed by atoms with Crippen LogP contribution in [0.1, 0.15) is 99.3 Å². The quantitative estimate of drug-likeness (QED) is 0.362. The zero-order chi connectivity index (χ0) is 32.7. The van der Waals surface area contributed by atoms with E-state index in [9.17, 15) is 19.5 Å². The van der Waals surface area contributed by atoms with Crippen molar-refractivity contribution in [2.75, 3.05) is 40.3 Å². The Kier molecular flexibility index (Phi) is 7.66. The van der Waals surface area contributed by atoms with Gasteiger partial charge in [-0.2, -0.15) is 0 Å². The molecule has 7 heteroatoms. The number of carbonyl (C=O) groups is 3. The molecule has 1 N–H and O–H groups in total. The number of fused-ring (bicyclic) bond motifs is 7. The van der Waals surface area contributed by atoms with Gasteiger partial charge < -0.3 is 19.8 Å². The number of hydrogen-bond donors (Lipinski definition) is 1. The van der Waals surface area contributed by atoms with Gasteiger partial charge in [-0.1, -0.05) is 45.4 Å². The summed E-state index contributed by atoms with van der Waals surface area (Å²) in [7, 11) is 3.62. The molecule has 0 aromatic heterocycles. The van der Waals surface area contributed by atoms with Gasteiger partial charge in [-0.15, -0.1) is 0 Å². The molecule has 6 aliphatic rings. The zero-order valence-electron chi connectivity index (χ0n) is 29.0. The summed E-state index contributed by atoms with van der Waals surface area (Å²) in [5.41, 5.74) is 3.56. The standard InChI is InChI=1S/C38H55N3O4/c1-25-26-11-12-29-36(4,27(26)23-28(42)31(25)43)16-18-38(6)30-24-35(3,15-13-34(30,2)14-17-37(29,38)5)40(8)33(45)32(44)39(7)19-9-20-41-21-10-22-41/h11-12,23,30,43H,9-10,13-22,24H2,1-8H3/t30?,34-,35-,36+,37-,38+/m1/s1. The van der Waals surface area contributed by atoms with Crippen LogP contribution in [0.4, 0.5) is 0 Å². The third kappa shape index (κ3) is 4.64. The molecule has 0 bridgehead atoms. The van der Waals surface area contributed by atoms with Gasteiger partial charge in [0.2, 0.25) is 5.78 Å². The molecule has 1 saturated heterocycles. The number of likely N-dealkylation sites (tertiary alicyclic amines) is 1. The molecule has 1 aliphatic heterocycles. The Bertz CT molecular complexity index is 1450. The van der Waals surface area contributed by atoms with E-state index in [4.69, 9.17) is 0 Å². The average Bonchev–Trinajstić information content (AvgIpc) is 2.98. The summed E-state index contributed by atoms with van der Waals surface area (Å²) in [6.07, 6.45) is 15.3. The number of allylic oxidation sites excluding steroid dienone is 7. The molecule has 5 aliphatic carbocycles. The molecule has 0 aromatic carbocycles. The van der Waals surface area contributed by atoms with Crippen LogP contribution in [0.3, 0.4) is 0 Å². The first-order valence-electron chi connectivity index (χ1n) is 17.4. The third-order valence-corrected chi connectivity index (χ3v) is 14.4. The highest BCUT2D eigenvalue weighted by Gasteiger charge is 2.67. The summed E-state index contributed by atoms with van der Waals surface area (Å²) in [4.78, 5) is 45.7. The largest absolute Gasteiger partial charge is 0.504 e. The van der Waals surface area contributed by atoms with Crippen molar-refractivity contribution in [2.24, 2.45) is 27.6 Å². The van der Waals surface area contributed by atoms with E-state index in [-0.39, 0.29) is 39.1 Å². The topological polar surface area (TPSA) is 81.2 Å². The molecule has 1 unspecified atom stereocenters. The highest BCUT2D eigenvalue weighted by molar-refractivity contribution is 6.34. The zero-order valence-corrected chi connectivity index (χ0v) is 29.0. The number of hydrogen-bond acceptors (Lipinski definition) is 5. The number of nitrogens with zero attached hydrogens (tertiary/aromatic N) is 3. The summed E-state index contributed by atoms with van der Waals surface area (Å²) in [6, 6.07) is 0. The van der Waals surface area contributed by atoms with Crippen molar-refractivity contribution in [1.82, 2.24) is 14.7 Å². The fourth-order valence-corrected chi connectivity index (χ4v) is 10.5. The lowest BCUT2D eigenvalue weighted by atomic mass is 9.35. The van der Waals surface area contributed by atoms with E-state index >= 15 is 0 Å². The Morgan fingerprint density at radius 1 is 0.956 bits per heavy atom. The number of amides is 2. The van der Waals surface area contributed by atoms with Crippen LogP contribution in [0.2, 0.25) is 0 Å². The maximum atomic E-state index is 13.7. The minimum atomic E-state index is -0.400. The van der Waals surface area contributed by atoms with E-state index in [1.807, 2.05) is 14.0 Å². The lowest BCUT2D eigenvalue weighted by molar-refractivity contribution is -0.173. The summed E-state index contributed by atoms with van der Waals surface area (Å²) in [5, 5.41) is 10.4. The molecular weight excluding hydrogens is 562 g/mol. The van der Waals surface area contributed by atoms with Gasteiger partial charge in [-0.25, -0.2) is 0 Å². The maximum Gasteiger partial charge on any atom is 0.312 e. The first-order valence-corrected chi connectivity index (χ1v) is 17.4. The maximum absolute atomic E-state index is 13.7. The monoisotopic (exact) mass is 617 g/mol. The number of rotatable bonds is 5. The van der Waals surface area contributed by atoms with E-state index in [1.54, 1.807) is 22.9 Å². The van der Waals surface area contributed by atoms with Crippen LogP contribution in [-0.2, 0) is 14.4 Å². The lowest BCUT2D eigenvalue weighted by Crippen LogP contribution is -2.65. The molecule has 4 fully saturated rings. The molecule has 0 aromatic rings. The van der Waals surface area contributed by atoms with Crippen LogP contribution in [0, 0.1) is 27.6 Å². The molecule has 0 spiro atoms. The van der Waals surface area contributed by atoms with Crippen molar-refractivity contribution in [2.45, 2.75) is 105 Å². The second kappa shape index (κ2) is 10.7. The Labute approximate surface area is 270 Å². The average molecular weight is 618 g/mol. The van der Waals surface area contributed by atoms with E-state index in [2.05, 4.69) is 51.7 Å². The third-order valence-electron chi connectivity index (χ3n) is 14.4. The van der Waals surface area contributed by atoms with E-state index in [0.717, 1.165) is 82.1 Å². The van der Waals surface area contributed by atoms with Gasteiger partial charge >= 0.3 is 11.8 Å². The van der Waals surface area contributed by atoms with Crippen LogP contribution in [-0.4, -0.2) is 83.2 Å². The first-order chi connectivity index (χ1) is 21.0. The predicted molar refractivity (Wildman–Crippen MR) is 177 cm³/mol. The molecule has 1 heterocycles. The lowest BCUT2D eigenvalue weighted by Gasteiger charge is -2.70. The van der Waals surface area contributed by atoms with Gasteiger partial charge in [0.1, 0.15) is 0 Å². The van der Waals surface area contributed by atoms with Crippen LogP contribution in [0.15, 0.2) is 46.3 Å². The molecule has 6 rings (SSSR count). The number of likely N-dealkylation sites (N-methyl/N-ethyl adjacent to an activating group) is 2. The second-order valence-corrected chi connectivity index (χ2v) is 16.7. The minimum Gasteiger partial charge on any atom is -0.504 e. The summed E-state index contributed by atoms with van der Waals surface area (Å²) in [5.74, 6) is -0.832. The highest BCUT2D eigenvalue weighted by Crippen LogP contribution is 2.75. The Balaban J connectivity index is 1.26. The molecule has 246 valence electrons. The smallest absolute Gasteiger partial charge is 0.312 e. The number of ketones is 1. The van der Waals surface area contributed by atoms with Crippen LogP contribution < -0.4 is 0 Å². The van der Waals surface area contributed by atoms with Gasteiger partial charge in [-0.05, 0) is 131 Å². The molecule has 3 saturated carbocycles. The predicted octanol–water partition coefficient (Wildman–Crippen LogP) is 6.38. The summed E-state index contributed by atoms with van der Waals surface area (Å²) in [6.45, 7) is 17.7. The number of carbonyl (C=O) groups excluding carboxylic acids is 3. The Morgan fingerprint density at radius 2 is 1.64 bits per heavy atom. The summed E-state index contributed by atoms with van der Waals surface area (Å²) < 4.78 is 0. The molecular formula is C38H55N3O4. The van der Waals surface area contributed by atoms with Gasteiger partial charge in [-0.3, -0.25) is 14.4 Å². The summed E-state index contributed by atoms with van der Waals surface area (Å²) >= 11 is 0. The Morgan fingerprint density at radius 3 is 2.31 bits per heavy atom. The van der Waals surface area contributed by atoms with E-state index < -0.39 is 11.4 Å². The Hall–Kier alpha value is -2.67. The highest BCUT2D eigenvalue weighted by atomic mass is 16.3. The van der Waals surface area contributed by atoms with Crippen LogP contribution in [0.25, 0.3) is 0 Å². The van der Waals surface area contributed by atoms with E-state index in [1.165, 1.54) is 12.0 Å². The SMILES string of the molecule is CC1=C(O)C(=O)C=C2C1=CC=C1[C@@]2(C)CC[C@@]2(C)C3C[C@](C)(N(C)C(=O)C(=O)N(C)CCCN4CCC4)CC[C@]3(C)CC[C@]12C. The van der Waals surface area contributed by atoms with Crippen molar-refractivity contribution < 1.29 is 19.5 Å². The van der Waals surface area contributed by atoms with Crippen molar-refractivity contribution in [1.29, 1.82) is 0 Å². The van der Waals surface area contributed by atoms with Crippen molar-refractivity contribution in [3.05, 3.63) is 46.3 Å². The molecule has 2 amide bonds. The minimum absolute atomic E-state index is 0.00777. The van der Waals surface area contributed by atoms with Gasteiger partial charge in [0.15, 0.2) is 5.76 Å². The van der Waals surface area contributed by atoms with Crippen LogP contribution in [0.5, 0.6) is 0 Å². The van der Waals surface area contributed by atoms with Gasteiger partial charge in [0.25, 0.3) is 0 Å². The van der Waals surface area contributed by atoms with Crippen molar-refractivity contribution >= 4 is 17.6 Å². The fourth-order valence-electron chi connectivity index (χ4n) is 10.5. The molecule has 6 atom stereocenters. The molecule has 0 radical (unpaired) electrons. The number of aliphatic hydroxyl groups excluding tert-OH is 1. The van der Waals surface area contributed by atoms with Crippen LogP contribution >= 0.6 is 0 Å². The molecule has 45 heavy (non-hydrogen) atoms. The van der Waals surface area contributed by atoms with Gasteiger partial charge in [0, 0.05) is 37.2 Å². The van der Waals surface area contributed by atoms with Crippen molar-refractivity contribution in [3.8, 4) is 0 Å². The van der Waals surface area contributed by atoms with Gasteiger partial charge in [0.05, 0.1) is 0 Å².